The highest BCUT2D eigenvalue weighted by Crippen LogP contribution is 2.58. The van der Waals surface area contributed by atoms with Crippen LogP contribution in [-0.2, 0) is 0 Å². The summed E-state index contributed by atoms with van der Waals surface area (Å²) >= 11 is 0. The van der Waals surface area contributed by atoms with Gasteiger partial charge in [-0.15, -0.1) is 0 Å². The largest absolute Gasteiger partial charge is 0.391 e. The summed E-state index contributed by atoms with van der Waals surface area (Å²) in [7, 11) is 0. The molecule has 0 bridgehead atoms. The number of hydrogen-bond donors (Lipinski definition) is 1. The number of aliphatic hydroxyl groups is 1. The number of nitrogens with zero attached hydrogens (tertiary/aromatic N) is 1. The quantitative estimate of drug-likeness (QED) is 0.780. The van der Waals surface area contributed by atoms with Gasteiger partial charge in [0.1, 0.15) is 0 Å². The molecule has 0 aromatic rings. The second-order valence-electron chi connectivity index (χ2n) is 7.15. The van der Waals surface area contributed by atoms with Gasteiger partial charge in [-0.2, -0.15) is 0 Å². The molecule has 2 rings (SSSR count). The Morgan fingerprint density at radius 3 is 2.19 bits per heavy atom. The molecule has 1 saturated carbocycles. The summed E-state index contributed by atoms with van der Waals surface area (Å²) in [4.78, 5) is 2.45. The van der Waals surface area contributed by atoms with Crippen LogP contribution >= 0.6 is 0 Å². The fourth-order valence-electron chi connectivity index (χ4n) is 2.95. The first-order valence-electron chi connectivity index (χ1n) is 6.74. The zero-order valence-electron chi connectivity index (χ0n) is 11.3. The molecule has 2 unspecified atom stereocenters. The highest BCUT2D eigenvalue weighted by atomic mass is 16.3. The molecule has 2 nitrogen and oxygen atoms in total. The molecule has 0 radical (unpaired) electrons. The van der Waals surface area contributed by atoms with E-state index in [2.05, 4.69) is 32.6 Å². The maximum atomic E-state index is 10.1. The van der Waals surface area contributed by atoms with Crippen molar-refractivity contribution in [2.75, 3.05) is 19.6 Å². The molecule has 2 heteroatoms. The first-order chi connectivity index (χ1) is 7.33. The fraction of sp³-hybridized carbons (Fsp3) is 1.00. The molecule has 94 valence electrons. The second-order valence-corrected chi connectivity index (χ2v) is 7.15. The predicted molar refractivity (Wildman–Crippen MR) is 67.3 cm³/mol. The first kappa shape index (κ1) is 12.4. The Morgan fingerprint density at radius 2 is 1.81 bits per heavy atom. The molecule has 2 fully saturated rings. The van der Waals surface area contributed by atoms with Crippen molar-refractivity contribution < 1.29 is 5.11 Å². The van der Waals surface area contributed by atoms with Crippen molar-refractivity contribution in [3.05, 3.63) is 0 Å². The maximum Gasteiger partial charge on any atom is 0.0715 e. The predicted octanol–water partition coefficient (Wildman–Crippen LogP) is 2.52. The summed E-state index contributed by atoms with van der Waals surface area (Å²) in [6.45, 7) is 12.0. The van der Waals surface area contributed by atoms with Crippen molar-refractivity contribution >= 4 is 0 Å². The van der Waals surface area contributed by atoms with E-state index in [1.165, 1.54) is 32.4 Å². The van der Waals surface area contributed by atoms with Crippen LogP contribution in [0.1, 0.15) is 47.0 Å². The number of piperidine rings is 1. The molecule has 1 heterocycles. The third kappa shape index (κ3) is 2.43. The summed E-state index contributed by atoms with van der Waals surface area (Å²) in [5.41, 5.74) is 0.727. The van der Waals surface area contributed by atoms with E-state index < -0.39 is 0 Å². The van der Waals surface area contributed by atoms with Crippen molar-refractivity contribution in [3.63, 3.8) is 0 Å². The molecule has 2 aliphatic rings. The van der Waals surface area contributed by atoms with E-state index >= 15 is 0 Å². The van der Waals surface area contributed by atoms with Gasteiger partial charge in [0.2, 0.25) is 0 Å². The third-order valence-electron chi connectivity index (χ3n) is 4.88. The Kier molecular flexibility index (Phi) is 3.09. The molecular weight excluding hydrogens is 198 g/mol. The Morgan fingerprint density at radius 1 is 1.31 bits per heavy atom. The molecule has 1 spiro atoms. The van der Waals surface area contributed by atoms with E-state index in [-0.39, 0.29) is 11.5 Å². The Balaban J connectivity index is 1.77. The zero-order chi connectivity index (χ0) is 12.0. The lowest BCUT2D eigenvalue weighted by Gasteiger charge is -2.36. The Bertz CT molecular complexity index is 248. The van der Waals surface area contributed by atoms with Crippen LogP contribution < -0.4 is 0 Å². The van der Waals surface area contributed by atoms with E-state index in [4.69, 9.17) is 0 Å². The summed E-state index contributed by atoms with van der Waals surface area (Å²) in [6.07, 6.45) is 3.96. The number of aliphatic hydroxyl groups excluding tert-OH is 1. The third-order valence-corrected chi connectivity index (χ3v) is 4.88. The van der Waals surface area contributed by atoms with Crippen molar-refractivity contribution in [2.24, 2.45) is 16.7 Å². The van der Waals surface area contributed by atoms with Crippen molar-refractivity contribution in [2.45, 2.75) is 53.1 Å². The van der Waals surface area contributed by atoms with Gasteiger partial charge in [-0.05, 0) is 49.1 Å². The molecule has 0 aromatic heterocycles. The van der Waals surface area contributed by atoms with Gasteiger partial charge in [0.15, 0.2) is 0 Å². The van der Waals surface area contributed by atoms with Crippen molar-refractivity contribution in [1.29, 1.82) is 0 Å². The van der Waals surface area contributed by atoms with E-state index in [9.17, 15) is 5.11 Å². The minimum atomic E-state index is -0.196. The van der Waals surface area contributed by atoms with Crippen molar-refractivity contribution in [3.8, 4) is 0 Å². The van der Waals surface area contributed by atoms with Crippen molar-refractivity contribution in [1.82, 2.24) is 4.90 Å². The molecule has 0 amide bonds. The van der Waals surface area contributed by atoms with Crippen LogP contribution in [0.4, 0.5) is 0 Å². The second kappa shape index (κ2) is 3.99. The topological polar surface area (TPSA) is 23.5 Å². The number of β-amino-alcohol motifs (C(OH)–C–C–N with tert-alkyl or cyclic N) is 1. The van der Waals surface area contributed by atoms with Gasteiger partial charge in [-0.1, -0.05) is 27.7 Å². The number of hydrogen-bond acceptors (Lipinski definition) is 2. The Hall–Kier alpha value is -0.0800. The number of likely N-dealkylation sites (tertiary alicyclic amines) is 1. The van der Waals surface area contributed by atoms with Gasteiger partial charge in [0, 0.05) is 6.54 Å². The van der Waals surface area contributed by atoms with Crippen LogP contribution in [0.2, 0.25) is 0 Å². The standard InChI is InChI=1S/C14H27NO/c1-11-9-14(11)5-7-15(8-6-14)10-12(16)13(2,3)4/h11-12,16H,5-10H2,1-4H3. The minimum absolute atomic E-state index is 0.0159. The SMILES string of the molecule is CC1CC12CCN(CC(O)C(C)(C)C)CC2. The lowest BCUT2D eigenvalue weighted by atomic mass is 9.87. The van der Waals surface area contributed by atoms with Gasteiger partial charge < -0.3 is 10.0 Å². The highest BCUT2D eigenvalue weighted by molar-refractivity contribution is 5.02. The molecule has 16 heavy (non-hydrogen) atoms. The van der Waals surface area contributed by atoms with Crippen LogP contribution in [0.3, 0.4) is 0 Å². The summed E-state index contributed by atoms with van der Waals surface area (Å²) in [6, 6.07) is 0. The molecule has 0 aromatic carbocycles. The van der Waals surface area contributed by atoms with Crippen LogP contribution in [0.5, 0.6) is 0 Å². The Labute approximate surface area is 100 Å². The van der Waals surface area contributed by atoms with Gasteiger partial charge in [0.25, 0.3) is 0 Å². The van der Waals surface area contributed by atoms with Gasteiger partial charge in [0.05, 0.1) is 6.10 Å². The van der Waals surface area contributed by atoms with Crippen LogP contribution in [-0.4, -0.2) is 35.7 Å². The van der Waals surface area contributed by atoms with E-state index in [1.807, 2.05) is 0 Å². The average Bonchev–Trinajstić information content (AvgIpc) is 2.79. The molecule has 2 atom stereocenters. The van der Waals surface area contributed by atoms with E-state index in [0.29, 0.717) is 5.41 Å². The van der Waals surface area contributed by atoms with E-state index in [0.717, 1.165) is 12.5 Å². The smallest absolute Gasteiger partial charge is 0.0715 e. The minimum Gasteiger partial charge on any atom is -0.391 e. The lowest BCUT2D eigenvalue weighted by Crippen LogP contribution is -2.43. The summed E-state index contributed by atoms with van der Waals surface area (Å²) < 4.78 is 0. The fourth-order valence-corrected chi connectivity index (χ4v) is 2.95. The zero-order valence-corrected chi connectivity index (χ0v) is 11.3. The molecule has 1 aliphatic heterocycles. The molecule has 1 aliphatic carbocycles. The molecular formula is C14H27NO. The number of rotatable bonds is 2. The first-order valence-corrected chi connectivity index (χ1v) is 6.74. The molecule has 1 saturated heterocycles. The average molecular weight is 225 g/mol. The molecule has 1 N–H and O–H groups in total. The maximum absolute atomic E-state index is 10.1. The lowest BCUT2D eigenvalue weighted by molar-refractivity contribution is 0.0163. The van der Waals surface area contributed by atoms with Gasteiger partial charge >= 0.3 is 0 Å². The normalized spacial score (nSPS) is 31.7. The highest BCUT2D eigenvalue weighted by Gasteiger charge is 2.51. The van der Waals surface area contributed by atoms with Crippen LogP contribution in [0.15, 0.2) is 0 Å². The summed E-state index contributed by atoms with van der Waals surface area (Å²) in [5.74, 6) is 0.960. The van der Waals surface area contributed by atoms with Gasteiger partial charge in [-0.25, -0.2) is 0 Å². The van der Waals surface area contributed by atoms with Crippen LogP contribution in [0, 0.1) is 16.7 Å². The monoisotopic (exact) mass is 225 g/mol. The summed E-state index contributed by atoms with van der Waals surface area (Å²) in [5, 5.41) is 10.1. The van der Waals surface area contributed by atoms with Crippen LogP contribution in [0.25, 0.3) is 0 Å². The van der Waals surface area contributed by atoms with E-state index in [1.54, 1.807) is 0 Å². The van der Waals surface area contributed by atoms with Gasteiger partial charge in [-0.3, -0.25) is 0 Å².